The molecule has 0 aliphatic carbocycles. The lowest BCUT2D eigenvalue weighted by Crippen LogP contribution is -2.18. The maximum Gasteiger partial charge on any atom is 0.330 e. The van der Waals surface area contributed by atoms with Gasteiger partial charge in [-0.25, -0.2) is 4.79 Å². The Morgan fingerprint density at radius 2 is 1.50 bits per heavy atom. The van der Waals surface area contributed by atoms with E-state index in [1.165, 1.54) is 0 Å². The first-order chi connectivity index (χ1) is 17.6. The number of hydrogen-bond acceptors (Lipinski definition) is 6. The van der Waals surface area contributed by atoms with Crippen molar-refractivity contribution in [2.75, 3.05) is 19.8 Å². The average Bonchev–Trinajstić information content (AvgIpc) is 2.91. The van der Waals surface area contributed by atoms with Gasteiger partial charge in [0.1, 0.15) is 25.0 Å². The molecule has 0 saturated heterocycles. The maximum atomic E-state index is 12.4. The molecule has 36 heavy (non-hydrogen) atoms. The van der Waals surface area contributed by atoms with Gasteiger partial charge in [-0.05, 0) is 60.7 Å². The van der Waals surface area contributed by atoms with Gasteiger partial charge in [0.05, 0.1) is 19.8 Å². The largest absolute Gasteiger partial charge is 0.491 e. The molecule has 6 nitrogen and oxygen atoms in total. The zero-order chi connectivity index (χ0) is 25.6. The van der Waals surface area contributed by atoms with Crippen molar-refractivity contribution in [1.82, 2.24) is 0 Å². The van der Waals surface area contributed by atoms with Gasteiger partial charge in [-0.2, -0.15) is 0 Å². The number of rotatable bonds is 14. The van der Waals surface area contributed by atoms with Crippen molar-refractivity contribution in [2.45, 2.75) is 46.6 Å². The number of ether oxygens (including phenoxy) is 4. The van der Waals surface area contributed by atoms with E-state index in [1.54, 1.807) is 13.1 Å². The van der Waals surface area contributed by atoms with Crippen LogP contribution in [0.3, 0.4) is 0 Å². The first-order valence-corrected chi connectivity index (χ1v) is 12.3. The summed E-state index contributed by atoms with van der Waals surface area (Å²) in [6.07, 6.45) is 1.71. The predicted molar refractivity (Wildman–Crippen MR) is 141 cm³/mol. The van der Waals surface area contributed by atoms with Crippen molar-refractivity contribution >= 4 is 12.2 Å². The van der Waals surface area contributed by atoms with Gasteiger partial charge < -0.3 is 18.9 Å². The third kappa shape index (κ3) is 8.95. The van der Waals surface area contributed by atoms with Crippen molar-refractivity contribution in [3.8, 4) is 5.75 Å². The predicted octanol–water partition coefficient (Wildman–Crippen LogP) is 5.68. The van der Waals surface area contributed by atoms with E-state index in [2.05, 4.69) is 4.99 Å². The first-order valence-electron chi connectivity index (χ1n) is 12.3. The molecule has 0 aliphatic heterocycles. The number of carbonyl (C=O) groups is 1. The Bertz CT molecular complexity index is 1100. The van der Waals surface area contributed by atoms with Crippen LogP contribution in [-0.4, -0.2) is 38.0 Å². The van der Waals surface area contributed by atoms with Crippen LogP contribution in [0.1, 0.15) is 41.7 Å². The van der Waals surface area contributed by atoms with Crippen molar-refractivity contribution in [2.24, 2.45) is 4.99 Å². The van der Waals surface area contributed by atoms with Crippen LogP contribution in [0.4, 0.5) is 0 Å². The van der Waals surface area contributed by atoms with Crippen LogP contribution in [0.15, 0.2) is 77.8 Å². The molecule has 0 aliphatic rings. The second-order valence-electron chi connectivity index (χ2n) is 8.38. The van der Waals surface area contributed by atoms with E-state index < -0.39 is 6.04 Å². The highest BCUT2D eigenvalue weighted by atomic mass is 16.5. The topological polar surface area (TPSA) is 66.3 Å². The Morgan fingerprint density at radius 3 is 2.17 bits per heavy atom. The molecule has 0 fully saturated rings. The SMILES string of the molecule is CCOCCOc1cc(COCc2ccccc2)cc(C=NC(C)C(=O)OCc2ccccc2)c1C. The molecular weight excluding hydrogens is 454 g/mol. The molecule has 0 radical (unpaired) electrons. The Morgan fingerprint density at radius 1 is 0.861 bits per heavy atom. The van der Waals surface area contributed by atoms with Gasteiger partial charge in [-0.3, -0.25) is 4.99 Å². The summed E-state index contributed by atoms with van der Waals surface area (Å²) in [5.41, 5.74) is 4.82. The summed E-state index contributed by atoms with van der Waals surface area (Å²) in [7, 11) is 0. The summed E-state index contributed by atoms with van der Waals surface area (Å²) in [6, 6.07) is 23.0. The minimum absolute atomic E-state index is 0.227. The Labute approximate surface area is 213 Å². The normalized spacial score (nSPS) is 12.0. The summed E-state index contributed by atoms with van der Waals surface area (Å²) in [4.78, 5) is 16.9. The van der Waals surface area contributed by atoms with E-state index in [9.17, 15) is 4.79 Å². The van der Waals surface area contributed by atoms with E-state index in [0.717, 1.165) is 33.6 Å². The quantitative estimate of drug-likeness (QED) is 0.166. The lowest BCUT2D eigenvalue weighted by atomic mass is 10.0. The molecule has 0 heterocycles. The van der Waals surface area contributed by atoms with Gasteiger partial charge in [0, 0.05) is 12.8 Å². The Kier molecular flexibility index (Phi) is 11.2. The summed E-state index contributed by atoms with van der Waals surface area (Å²) in [5.74, 6) is 0.375. The molecule has 0 spiro atoms. The monoisotopic (exact) mass is 489 g/mol. The molecule has 0 aromatic heterocycles. The van der Waals surface area contributed by atoms with Crippen LogP contribution in [0.25, 0.3) is 0 Å². The summed E-state index contributed by atoms with van der Waals surface area (Å²) < 4.78 is 22.7. The smallest absolute Gasteiger partial charge is 0.330 e. The number of carbonyl (C=O) groups excluding carboxylic acids is 1. The molecule has 1 atom stereocenters. The molecule has 0 saturated carbocycles. The lowest BCUT2D eigenvalue weighted by Gasteiger charge is -2.15. The third-order valence-electron chi connectivity index (χ3n) is 5.53. The maximum absolute atomic E-state index is 12.4. The fourth-order valence-electron chi connectivity index (χ4n) is 3.45. The van der Waals surface area contributed by atoms with Crippen molar-refractivity contribution in [3.05, 3.63) is 101 Å². The van der Waals surface area contributed by atoms with Crippen molar-refractivity contribution < 1.29 is 23.7 Å². The van der Waals surface area contributed by atoms with Crippen LogP contribution < -0.4 is 4.74 Å². The molecule has 0 N–H and O–H groups in total. The van der Waals surface area contributed by atoms with Crippen molar-refractivity contribution in [1.29, 1.82) is 0 Å². The number of benzene rings is 3. The molecule has 0 amide bonds. The van der Waals surface area contributed by atoms with Crippen LogP contribution in [0.5, 0.6) is 5.75 Å². The van der Waals surface area contributed by atoms with E-state index >= 15 is 0 Å². The third-order valence-corrected chi connectivity index (χ3v) is 5.53. The number of aliphatic imine (C=N–C) groups is 1. The molecule has 1 unspecified atom stereocenters. The van der Waals surface area contributed by atoms with Crippen LogP contribution in [-0.2, 0) is 38.8 Å². The van der Waals surface area contributed by atoms with Gasteiger partial charge in [-0.15, -0.1) is 0 Å². The molecule has 190 valence electrons. The van der Waals surface area contributed by atoms with Gasteiger partial charge in [-0.1, -0.05) is 60.7 Å². The molecular formula is C30H35NO5. The summed E-state index contributed by atoms with van der Waals surface area (Å²) in [5, 5.41) is 0. The number of nitrogens with zero attached hydrogens (tertiary/aromatic N) is 1. The molecule has 3 aromatic rings. The zero-order valence-corrected chi connectivity index (χ0v) is 21.3. The minimum Gasteiger partial charge on any atom is -0.491 e. The molecule has 3 rings (SSSR count). The molecule has 3 aromatic carbocycles. The van der Waals surface area contributed by atoms with E-state index in [4.69, 9.17) is 18.9 Å². The molecule has 0 bridgehead atoms. The van der Waals surface area contributed by atoms with E-state index in [1.807, 2.05) is 86.6 Å². The van der Waals surface area contributed by atoms with E-state index in [0.29, 0.717) is 33.0 Å². The Balaban J connectivity index is 1.67. The summed E-state index contributed by atoms with van der Waals surface area (Å²) in [6.45, 7) is 8.43. The Hall–Kier alpha value is -3.48. The lowest BCUT2D eigenvalue weighted by molar-refractivity contribution is -0.145. The van der Waals surface area contributed by atoms with Crippen LogP contribution in [0.2, 0.25) is 0 Å². The standard InChI is InChI=1S/C30H35NO5/c1-4-33-15-16-35-29-18-27(21-34-20-25-11-7-5-8-12-25)17-28(23(29)2)19-31-24(3)30(32)36-22-26-13-9-6-10-14-26/h5-14,17-19,24H,4,15-16,20-22H2,1-3H3. The second-order valence-corrected chi connectivity index (χ2v) is 8.38. The fraction of sp³-hybridized carbons (Fsp3) is 0.333. The highest BCUT2D eigenvalue weighted by molar-refractivity contribution is 5.86. The fourth-order valence-corrected chi connectivity index (χ4v) is 3.45. The minimum atomic E-state index is -0.631. The average molecular weight is 490 g/mol. The van der Waals surface area contributed by atoms with E-state index in [-0.39, 0.29) is 12.6 Å². The summed E-state index contributed by atoms with van der Waals surface area (Å²) >= 11 is 0. The van der Waals surface area contributed by atoms with Gasteiger partial charge in [0.2, 0.25) is 0 Å². The first kappa shape index (κ1) is 27.1. The highest BCUT2D eigenvalue weighted by Gasteiger charge is 2.14. The van der Waals surface area contributed by atoms with Gasteiger partial charge in [0.25, 0.3) is 0 Å². The highest BCUT2D eigenvalue weighted by Crippen LogP contribution is 2.24. The van der Waals surface area contributed by atoms with Gasteiger partial charge in [0.15, 0.2) is 0 Å². The second kappa shape index (κ2) is 14.8. The van der Waals surface area contributed by atoms with Crippen molar-refractivity contribution in [3.63, 3.8) is 0 Å². The number of esters is 1. The van der Waals surface area contributed by atoms with Crippen LogP contribution >= 0.6 is 0 Å². The number of hydrogen-bond donors (Lipinski definition) is 0. The molecule has 6 heteroatoms. The zero-order valence-electron chi connectivity index (χ0n) is 21.3. The van der Waals surface area contributed by atoms with Gasteiger partial charge >= 0.3 is 5.97 Å². The van der Waals surface area contributed by atoms with Crippen LogP contribution in [0, 0.1) is 6.92 Å².